The first-order valence-electron chi connectivity index (χ1n) is 11.1. The summed E-state index contributed by atoms with van der Waals surface area (Å²) in [5.74, 6) is 0.971. The number of aryl methyl sites for hydroxylation is 2. The Kier molecular flexibility index (Phi) is 7.26. The zero-order valence-corrected chi connectivity index (χ0v) is 21.4. The fourth-order valence-corrected chi connectivity index (χ4v) is 6.81. The highest BCUT2D eigenvalue weighted by Gasteiger charge is 2.23. The van der Waals surface area contributed by atoms with Crippen LogP contribution in [0.25, 0.3) is 10.4 Å². The summed E-state index contributed by atoms with van der Waals surface area (Å²) in [5, 5.41) is 1.46. The number of benzene rings is 1. The van der Waals surface area contributed by atoms with E-state index in [1.54, 1.807) is 36.5 Å². The van der Waals surface area contributed by atoms with Crippen molar-refractivity contribution in [2.24, 2.45) is 5.92 Å². The zero-order valence-electron chi connectivity index (χ0n) is 19.0. The van der Waals surface area contributed by atoms with Crippen molar-refractivity contribution in [3.63, 3.8) is 0 Å². The lowest BCUT2D eigenvalue weighted by Crippen LogP contribution is -2.14. The van der Waals surface area contributed by atoms with Gasteiger partial charge in [0.05, 0.1) is 34.6 Å². The third-order valence-corrected chi connectivity index (χ3v) is 9.04. The molecule has 0 bridgehead atoms. The summed E-state index contributed by atoms with van der Waals surface area (Å²) in [7, 11) is -2.46. The normalized spacial score (nSPS) is 14.9. The number of rotatable bonds is 7. The van der Waals surface area contributed by atoms with E-state index in [1.165, 1.54) is 45.4 Å². The predicted octanol–water partition coefficient (Wildman–Crippen LogP) is 6.41. The second-order valence-electron chi connectivity index (χ2n) is 8.53. The summed E-state index contributed by atoms with van der Waals surface area (Å²) in [6, 6.07) is 6.88. The summed E-state index contributed by atoms with van der Waals surface area (Å²) in [4.78, 5) is 9.89. The molecule has 1 saturated carbocycles. The van der Waals surface area contributed by atoms with E-state index in [1.807, 2.05) is 13.0 Å². The lowest BCUT2D eigenvalue weighted by molar-refractivity contribution is 0.356. The minimum atomic E-state index is -3.92. The third-order valence-electron chi connectivity index (χ3n) is 6.01. The first-order valence-corrected chi connectivity index (χ1v) is 13.7. The van der Waals surface area contributed by atoms with Gasteiger partial charge in [0, 0.05) is 6.42 Å². The fourth-order valence-electron chi connectivity index (χ4n) is 4.30. The predicted molar refractivity (Wildman–Crippen MR) is 134 cm³/mol. The van der Waals surface area contributed by atoms with Crippen molar-refractivity contribution in [2.75, 3.05) is 11.8 Å². The number of sulfonamides is 1. The Morgan fingerprint density at radius 3 is 2.64 bits per heavy atom. The van der Waals surface area contributed by atoms with Crippen molar-refractivity contribution in [3.8, 4) is 16.2 Å². The number of pyridine rings is 1. The average molecular weight is 506 g/mol. The molecule has 1 aliphatic rings. The van der Waals surface area contributed by atoms with Gasteiger partial charge in [0.15, 0.2) is 0 Å². The molecule has 0 aliphatic heterocycles. The van der Waals surface area contributed by atoms with Crippen LogP contribution in [0.3, 0.4) is 0 Å². The smallest absolute Gasteiger partial charge is 0.265 e. The van der Waals surface area contributed by atoms with E-state index >= 15 is 0 Å². The Bertz CT molecular complexity index is 1250. The van der Waals surface area contributed by atoms with Gasteiger partial charge in [-0.3, -0.25) is 4.72 Å². The summed E-state index contributed by atoms with van der Waals surface area (Å²) >= 11 is 7.63. The Hall–Kier alpha value is -2.16. The Morgan fingerprint density at radius 2 is 1.94 bits per heavy atom. The van der Waals surface area contributed by atoms with Crippen LogP contribution < -0.4 is 9.46 Å². The summed E-state index contributed by atoms with van der Waals surface area (Å²) in [5.41, 5.74) is 2.76. The summed E-state index contributed by atoms with van der Waals surface area (Å²) in [6.07, 6.45) is 8.87. The van der Waals surface area contributed by atoms with Crippen LogP contribution in [0.1, 0.15) is 48.4 Å². The lowest BCUT2D eigenvalue weighted by atomic mass is 9.87. The van der Waals surface area contributed by atoms with Crippen LogP contribution in [0.4, 0.5) is 5.69 Å². The third kappa shape index (κ3) is 5.50. The highest BCUT2D eigenvalue weighted by atomic mass is 35.5. The number of nitrogens with zero attached hydrogens (tertiary/aromatic N) is 2. The first-order chi connectivity index (χ1) is 15.8. The molecule has 33 heavy (non-hydrogen) atoms. The summed E-state index contributed by atoms with van der Waals surface area (Å²) < 4.78 is 34.5. The molecule has 0 radical (unpaired) electrons. The Labute approximate surface area is 204 Å². The maximum Gasteiger partial charge on any atom is 0.265 e. The molecule has 1 aromatic carbocycles. The molecule has 2 heterocycles. The first kappa shape index (κ1) is 24.0. The molecule has 1 fully saturated rings. The fraction of sp³-hybridized carbons (Fsp3) is 0.417. The van der Waals surface area contributed by atoms with E-state index in [0.717, 1.165) is 27.6 Å². The van der Waals surface area contributed by atoms with Crippen molar-refractivity contribution in [3.05, 3.63) is 51.9 Å². The van der Waals surface area contributed by atoms with Gasteiger partial charge < -0.3 is 4.74 Å². The second kappa shape index (κ2) is 9.99. The SMILES string of the molecule is COc1ccc(-c2sc(CC3CCCCC3)nc2C)cc1S(=O)(=O)Nc1cnc(Cl)c(C)c1. The molecule has 4 rings (SSSR count). The largest absolute Gasteiger partial charge is 0.495 e. The maximum atomic E-state index is 13.2. The Morgan fingerprint density at radius 1 is 1.18 bits per heavy atom. The van der Waals surface area contributed by atoms with Crippen LogP contribution in [0.2, 0.25) is 5.15 Å². The number of hydrogen-bond acceptors (Lipinski definition) is 6. The highest BCUT2D eigenvalue weighted by molar-refractivity contribution is 7.92. The van der Waals surface area contributed by atoms with Gasteiger partial charge in [-0.2, -0.15) is 0 Å². The second-order valence-corrected chi connectivity index (χ2v) is 11.6. The number of hydrogen-bond donors (Lipinski definition) is 1. The number of nitrogens with one attached hydrogen (secondary N) is 1. The molecule has 1 aliphatic carbocycles. The lowest BCUT2D eigenvalue weighted by Gasteiger charge is -2.20. The van der Waals surface area contributed by atoms with Gasteiger partial charge in [0.2, 0.25) is 0 Å². The summed E-state index contributed by atoms with van der Waals surface area (Å²) in [6.45, 7) is 3.75. The van der Waals surface area contributed by atoms with E-state index in [4.69, 9.17) is 21.3 Å². The number of thiazole rings is 1. The number of anilines is 1. The average Bonchev–Trinajstić information content (AvgIpc) is 3.16. The van der Waals surface area contributed by atoms with E-state index in [9.17, 15) is 8.42 Å². The highest BCUT2D eigenvalue weighted by Crippen LogP contribution is 2.37. The molecule has 0 unspecified atom stereocenters. The van der Waals surface area contributed by atoms with Gasteiger partial charge in [0.1, 0.15) is 15.8 Å². The van der Waals surface area contributed by atoms with E-state index in [0.29, 0.717) is 22.3 Å². The van der Waals surface area contributed by atoms with E-state index < -0.39 is 10.0 Å². The molecule has 0 amide bonds. The molecule has 6 nitrogen and oxygen atoms in total. The van der Waals surface area contributed by atoms with E-state index in [2.05, 4.69) is 9.71 Å². The molecule has 0 atom stereocenters. The van der Waals surface area contributed by atoms with Crippen LogP contribution in [0.15, 0.2) is 35.4 Å². The van der Waals surface area contributed by atoms with Crippen LogP contribution in [-0.4, -0.2) is 25.5 Å². The minimum absolute atomic E-state index is 0.0664. The molecular formula is C24H28ClN3O3S2. The molecule has 2 aromatic heterocycles. The minimum Gasteiger partial charge on any atom is -0.495 e. The van der Waals surface area contributed by atoms with Crippen molar-refractivity contribution in [2.45, 2.75) is 57.3 Å². The van der Waals surface area contributed by atoms with Crippen molar-refractivity contribution in [1.29, 1.82) is 0 Å². The van der Waals surface area contributed by atoms with Crippen molar-refractivity contribution < 1.29 is 13.2 Å². The molecule has 176 valence electrons. The number of halogens is 1. The van der Waals surface area contributed by atoms with Crippen LogP contribution >= 0.6 is 22.9 Å². The van der Waals surface area contributed by atoms with Gasteiger partial charge >= 0.3 is 0 Å². The van der Waals surface area contributed by atoms with Gasteiger partial charge in [-0.15, -0.1) is 11.3 Å². The van der Waals surface area contributed by atoms with Gasteiger partial charge in [0.25, 0.3) is 10.0 Å². The van der Waals surface area contributed by atoms with Gasteiger partial charge in [-0.1, -0.05) is 43.7 Å². The Balaban J connectivity index is 1.64. The molecule has 9 heteroatoms. The van der Waals surface area contributed by atoms with Crippen molar-refractivity contribution >= 4 is 38.6 Å². The van der Waals surface area contributed by atoms with E-state index in [-0.39, 0.29) is 10.6 Å². The van der Waals surface area contributed by atoms with Gasteiger partial charge in [-0.25, -0.2) is 18.4 Å². The molecule has 3 aromatic rings. The standard InChI is InChI=1S/C24H28ClN3O3S2/c1-15-11-19(14-26-24(15)25)28-33(29,30)21-13-18(9-10-20(21)31-3)23-16(2)27-22(32-23)12-17-7-5-4-6-8-17/h9-11,13-14,17,28H,4-8,12H2,1-3H3. The molecular weight excluding hydrogens is 478 g/mol. The van der Waals surface area contributed by atoms with Crippen LogP contribution in [0, 0.1) is 19.8 Å². The molecule has 1 N–H and O–H groups in total. The maximum absolute atomic E-state index is 13.2. The quantitative estimate of drug-likeness (QED) is 0.375. The molecule has 0 spiro atoms. The zero-order chi connectivity index (χ0) is 23.6. The van der Waals surface area contributed by atoms with Crippen LogP contribution in [0.5, 0.6) is 5.75 Å². The van der Waals surface area contributed by atoms with Crippen molar-refractivity contribution in [1.82, 2.24) is 9.97 Å². The van der Waals surface area contributed by atoms with Crippen LogP contribution in [-0.2, 0) is 16.4 Å². The monoisotopic (exact) mass is 505 g/mol. The number of methoxy groups -OCH3 is 1. The number of aromatic nitrogens is 2. The van der Waals surface area contributed by atoms with Gasteiger partial charge in [-0.05, 0) is 55.2 Å². The molecule has 0 saturated heterocycles. The number of ether oxygens (including phenoxy) is 1. The topological polar surface area (TPSA) is 81.2 Å².